The van der Waals surface area contributed by atoms with Crippen molar-refractivity contribution in [2.45, 2.75) is 33.6 Å². The summed E-state index contributed by atoms with van der Waals surface area (Å²) < 4.78 is 0. The molecular formula is C19H22N2O3. The number of phenols is 1. The lowest BCUT2D eigenvalue weighted by Crippen LogP contribution is -2.30. The van der Waals surface area contributed by atoms with Crippen molar-refractivity contribution in [3.8, 4) is 5.75 Å². The van der Waals surface area contributed by atoms with Crippen LogP contribution in [0.15, 0.2) is 36.4 Å². The van der Waals surface area contributed by atoms with E-state index < -0.39 is 11.8 Å². The van der Waals surface area contributed by atoms with Crippen molar-refractivity contribution in [3.05, 3.63) is 53.1 Å². The van der Waals surface area contributed by atoms with Crippen LogP contribution >= 0.6 is 0 Å². The molecule has 0 bridgehead atoms. The molecule has 0 aliphatic heterocycles. The van der Waals surface area contributed by atoms with E-state index in [2.05, 4.69) is 10.6 Å². The number of benzene rings is 2. The Kier molecular flexibility index (Phi) is 5.58. The third-order valence-corrected chi connectivity index (χ3v) is 3.85. The summed E-state index contributed by atoms with van der Waals surface area (Å²) in [5, 5.41) is 15.0. The van der Waals surface area contributed by atoms with Crippen LogP contribution in [0.3, 0.4) is 0 Å². The van der Waals surface area contributed by atoms with Gasteiger partial charge in [-0.05, 0) is 48.6 Å². The second-order valence-corrected chi connectivity index (χ2v) is 5.59. The fourth-order valence-corrected chi connectivity index (χ4v) is 2.50. The average Bonchev–Trinajstić information content (AvgIpc) is 2.57. The molecule has 0 radical (unpaired) electrons. The molecule has 0 aliphatic rings. The highest BCUT2D eigenvalue weighted by Gasteiger charge is 2.18. The molecule has 0 fully saturated rings. The number of para-hydroxylation sites is 1. The van der Waals surface area contributed by atoms with Gasteiger partial charge in [-0.15, -0.1) is 0 Å². The van der Waals surface area contributed by atoms with Crippen LogP contribution in [0.4, 0.5) is 11.4 Å². The molecule has 0 aromatic heterocycles. The van der Waals surface area contributed by atoms with Gasteiger partial charge < -0.3 is 15.7 Å². The number of rotatable bonds is 4. The maximum atomic E-state index is 12.2. The van der Waals surface area contributed by atoms with Gasteiger partial charge in [-0.1, -0.05) is 38.1 Å². The summed E-state index contributed by atoms with van der Waals surface area (Å²) in [7, 11) is 0. The van der Waals surface area contributed by atoms with Gasteiger partial charge in [0.25, 0.3) is 0 Å². The maximum absolute atomic E-state index is 12.2. The van der Waals surface area contributed by atoms with Crippen molar-refractivity contribution in [1.29, 1.82) is 0 Å². The summed E-state index contributed by atoms with van der Waals surface area (Å²) in [5.74, 6) is -1.65. The summed E-state index contributed by atoms with van der Waals surface area (Å²) >= 11 is 0. The zero-order valence-corrected chi connectivity index (χ0v) is 14.1. The maximum Gasteiger partial charge on any atom is 0.314 e. The normalized spacial score (nSPS) is 10.3. The van der Waals surface area contributed by atoms with E-state index in [1.807, 2.05) is 39.0 Å². The quantitative estimate of drug-likeness (QED) is 0.595. The Balaban J connectivity index is 2.16. The van der Waals surface area contributed by atoms with Crippen molar-refractivity contribution in [3.63, 3.8) is 0 Å². The lowest BCUT2D eigenvalue weighted by atomic mass is 10.0. The van der Waals surface area contributed by atoms with Crippen molar-refractivity contribution in [2.24, 2.45) is 0 Å². The highest BCUT2D eigenvalue weighted by atomic mass is 16.3. The summed E-state index contributed by atoms with van der Waals surface area (Å²) in [6, 6.07) is 10.6. The molecule has 0 saturated heterocycles. The molecule has 2 aromatic carbocycles. The Morgan fingerprint density at radius 3 is 2.08 bits per heavy atom. The standard InChI is InChI=1S/C19H22N2O3/c1-4-13-7-6-8-14(5-2)17(13)21-19(24)18(23)20-15-10-9-12(3)11-16(15)22/h6-11,22H,4-5H2,1-3H3,(H,20,23)(H,21,24). The second kappa shape index (κ2) is 7.64. The van der Waals surface area contributed by atoms with E-state index in [0.29, 0.717) is 5.69 Å². The number of hydrogen-bond acceptors (Lipinski definition) is 3. The molecule has 0 atom stereocenters. The molecule has 5 heteroatoms. The smallest absolute Gasteiger partial charge is 0.314 e. The molecule has 126 valence electrons. The van der Waals surface area contributed by atoms with Crippen LogP contribution in [0.25, 0.3) is 0 Å². The Hall–Kier alpha value is -2.82. The van der Waals surface area contributed by atoms with Crippen LogP contribution in [0.5, 0.6) is 5.75 Å². The Labute approximate surface area is 141 Å². The molecule has 24 heavy (non-hydrogen) atoms. The van der Waals surface area contributed by atoms with Crippen LogP contribution in [0, 0.1) is 6.92 Å². The Bertz CT molecular complexity index is 747. The molecule has 3 N–H and O–H groups in total. The topological polar surface area (TPSA) is 78.4 Å². The third kappa shape index (κ3) is 3.93. The number of carbonyl (C=O) groups excluding carboxylic acids is 2. The van der Waals surface area contributed by atoms with Gasteiger partial charge in [0.15, 0.2) is 0 Å². The third-order valence-electron chi connectivity index (χ3n) is 3.85. The number of phenolic OH excluding ortho intramolecular Hbond substituents is 1. The minimum atomic E-state index is -0.817. The summed E-state index contributed by atoms with van der Waals surface area (Å²) in [6.45, 7) is 5.82. The van der Waals surface area contributed by atoms with Crippen LogP contribution < -0.4 is 10.6 Å². The predicted octanol–water partition coefficient (Wildman–Crippen LogP) is 3.40. The zero-order chi connectivity index (χ0) is 17.7. The monoisotopic (exact) mass is 326 g/mol. The molecule has 0 unspecified atom stereocenters. The lowest BCUT2D eigenvalue weighted by molar-refractivity contribution is -0.133. The van der Waals surface area contributed by atoms with Crippen LogP contribution in [-0.2, 0) is 22.4 Å². The van der Waals surface area contributed by atoms with Gasteiger partial charge in [0.05, 0.1) is 5.69 Å². The van der Waals surface area contributed by atoms with Crippen LogP contribution in [-0.4, -0.2) is 16.9 Å². The van der Waals surface area contributed by atoms with E-state index >= 15 is 0 Å². The molecule has 2 aromatic rings. The first-order chi connectivity index (χ1) is 11.5. The number of nitrogens with one attached hydrogen (secondary N) is 2. The predicted molar refractivity (Wildman–Crippen MR) is 95.3 cm³/mol. The summed E-state index contributed by atoms with van der Waals surface area (Å²) in [4.78, 5) is 24.3. The minimum absolute atomic E-state index is 0.0700. The van der Waals surface area contributed by atoms with E-state index in [1.165, 1.54) is 6.07 Å². The molecule has 2 rings (SSSR count). The SMILES string of the molecule is CCc1cccc(CC)c1NC(=O)C(=O)Nc1ccc(C)cc1O. The van der Waals surface area contributed by atoms with Gasteiger partial charge in [0.2, 0.25) is 0 Å². The first-order valence-electron chi connectivity index (χ1n) is 7.99. The number of carbonyl (C=O) groups is 2. The van der Waals surface area contributed by atoms with Crippen molar-refractivity contribution in [2.75, 3.05) is 10.6 Å². The zero-order valence-electron chi connectivity index (χ0n) is 14.1. The van der Waals surface area contributed by atoms with Gasteiger partial charge in [-0.25, -0.2) is 0 Å². The van der Waals surface area contributed by atoms with Crippen molar-refractivity contribution < 1.29 is 14.7 Å². The van der Waals surface area contributed by atoms with E-state index in [9.17, 15) is 14.7 Å². The lowest BCUT2D eigenvalue weighted by Gasteiger charge is -2.14. The molecule has 0 heterocycles. The summed E-state index contributed by atoms with van der Waals surface area (Å²) in [5.41, 5.74) is 3.72. The summed E-state index contributed by atoms with van der Waals surface area (Å²) in [6.07, 6.45) is 1.51. The van der Waals surface area contributed by atoms with Gasteiger partial charge >= 0.3 is 11.8 Å². The van der Waals surface area contributed by atoms with E-state index in [1.54, 1.807) is 12.1 Å². The van der Waals surface area contributed by atoms with Gasteiger partial charge in [-0.3, -0.25) is 9.59 Å². The molecule has 0 aliphatic carbocycles. The van der Waals surface area contributed by atoms with Crippen molar-refractivity contribution in [1.82, 2.24) is 0 Å². The molecule has 2 amide bonds. The Morgan fingerprint density at radius 1 is 0.958 bits per heavy atom. The number of anilines is 2. The largest absolute Gasteiger partial charge is 0.506 e. The van der Waals surface area contributed by atoms with Crippen LogP contribution in [0.1, 0.15) is 30.5 Å². The second-order valence-electron chi connectivity index (χ2n) is 5.59. The molecule has 0 spiro atoms. The van der Waals surface area contributed by atoms with Gasteiger partial charge in [-0.2, -0.15) is 0 Å². The number of amides is 2. The van der Waals surface area contributed by atoms with Crippen LogP contribution in [0.2, 0.25) is 0 Å². The highest BCUT2D eigenvalue weighted by Crippen LogP contribution is 2.25. The Morgan fingerprint density at radius 2 is 1.54 bits per heavy atom. The molecule has 0 saturated carbocycles. The fourth-order valence-electron chi connectivity index (χ4n) is 2.50. The fraction of sp³-hybridized carbons (Fsp3) is 0.263. The highest BCUT2D eigenvalue weighted by molar-refractivity contribution is 6.44. The van der Waals surface area contributed by atoms with E-state index in [-0.39, 0.29) is 11.4 Å². The average molecular weight is 326 g/mol. The molecule has 5 nitrogen and oxygen atoms in total. The number of aromatic hydroxyl groups is 1. The van der Waals surface area contributed by atoms with Gasteiger partial charge in [0.1, 0.15) is 5.75 Å². The first-order valence-corrected chi connectivity index (χ1v) is 7.99. The number of hydrogen-bond donors (Lipinski definition) is 3. The van der Waals surface area contributed by atoms with Crippen molar-refractivity contribution >= 4 is 23.2 Å². The molecular weight excluding hydrogens is 304 g/mol. The first kappa shape index (κ1) is 17.5. The van der Waals surface area contributed by atoms with Gasteiger partial charge in [0, 0.05) is 5.69 Å². The van der Waals surface area contributed by atoms with E-state index in [0.717, 1.165) is 29.5 Å². The minimum Gasteiger partial charge on any atom is -0.506 e. The number of aryl methyl sites for hydroxylation is 3. The van der Waals surface area contributed by atoms with E-state index in [4.69, 9.17) is 0 Å².